The molecule has 4 nitrogen and oxygen atoms in total. The lowest BCUT2D eigenvalue weighted by Crippen LogP contribution is -2.09. The third kappa shape index (κ3) is 4.12. The summed E-state index contributed by atoms with van der Waals surface area (Å²) in [7, 11) is 0. The number of ketones is 1. The van der Waals surface area contributed by atoms with Gasteiger partial charge in [0.05, 0.1) is 6.54 Å². The van der Waals surface area contributed by atoms with Crippen molar-refractivity contribution in [1.29, 1.82) is 0 Å². The summed E-state index contributed by atoms with van der Waals surface area (Å²) in [5.41, 5.74) is 1.26. The maximum absolute atomic E-state index is 10.8. The normalized spacial score (nSPS) is 10.3. The average Bonchev–Trinajstić information content (AvgIpc) is 2.83. The van der Waals surface area contributed by atoms with Gasteiger partial charge < -0.3 is 5.32 Å². The highest BCUT2D eigenvalue weighted by molar-refractivity contribution is 8.00. The minimum atomic E-state index is 0.0867. The molecule has 6 heteroatoms. The monoisotopic (exact) mass is 279 g/mol. The van der Waals surface area contributed by atoms with Gasteiger partial charge >= 0.3 is 0 Å². The molecule has 94 valence electrons. The van der Waals surface area contributed by atoms with Gasteiger partial charge in [0, 0.05) is 5.75 Å². The number of aromatic nitrogens is 2. The van der Waals surface area contributed by atoms with Crippen molar-refractivity contribution in [2.45, 2.75) is 17.0 Å². The predicted molar refractivity (Wildman–Crippen MR) is 75.1 cm³/mol. The van der Waals surface area contributed by atoms with Gasteiger partial charge in [-0.3, -0.25) is 4.79 Å². The van der Waals surface area contributed by atoms with Crippen molar-refractivity contribution in [2.75, 3.05) is 11.9 Å². The minimum absolute atomic E-state index is 0.0867. The highest BCUT2D eigenvalue weighted by Crippen LogP contribution is 2.27. The van der Waals surface area contributed by atoms with Crippen LogP contribution in [0, 0.1) is 0 Å². The molecule has 0 spiro atoms. The fraction of sp³-hybridized carbons (Fsp3) is 0.250. The summed E-state index contributed by atoms with van der Waals surface area (Å²) in [6.07, 6.45) is 0. The summed E-state index contributed by atoms with van der Waals surface area (Å²) in [6.45, 7) is 1.84. The fourth-order valence-electron chi connectivity index (χ4n) is 1.26. The molecule has 0 amide bonds. The molecule has 0 radical (unpaired) electrons. The van der Waals surface area contributed by atoms with Crippen LogP contribution in [0.5, 0.6) is 0 Å². The second-order valence-electron chi connectivity index (χ2n) is 3.70. The van der Waals surface area contributed by atoms with Crippen molar-refractivity contribution in [2.24, 2.45) is 0 Å². The zero-order valence-corrected chi connectivity index (χ0v) is 11.6. The SMILES string of the molecule is CC(=O)CNc1nnc(SCc2ccccc2)s1. The maximum Gasteiger partial charge on any atom is 0.206 e. The quantitative estimate of drug-likeness (QED) is 0.824. The third-order valence-electron chi connectivity index (χ3n) is 2.10. The van der Waals surface area contributed by atoms with Crippen molar-refractivity contribution in [1.82, 2.24) is 10.2 Å². The molecule has 0 bridgehead atoms. The number of nitrogens with zero attached hydrogens (tertiary/aromatic N) is 2. The lowest BCUT2D eigenvalue weighted by molar-refractivity contribution is -0.115. The van der Waals surface area contributed by atoms with E-state index in [4.69, 9.17) is 0 Å². The van der Waals surface area contributed by atoms with Crippen LogP contribution in [0.4, 0.5) is 5.13 Å². The van der Waals surface area contributed by atoms with Gasteiger partial charge in [-0.2, -0.15) is 0 Å². The summed E-state index contributed by atoms with van der Waals surface area (Å²) in [5, 5.41) is 11.7. The molecular weight excluding hydrogens is 266 g/mol. The fourth-order valence-corrected chi connectivity index (χ4v) is 2.96. The van der Waals surface area contributed by atoms with E-state index in [0.717, 1.165) is 10.1 Å². The van der Waals surface area contributed by atoms with E-state index in [9.17, 15) is 4.79 Å². The Morgan fingerprint density at radius 3 is 2.83 bits per heavy atom. The van der Waals surface area contributed by atoms with Crippen LogP contribution in [0.1, 0.15) is 12.5 Å². The smallest absolute Gasteiger partial charge is 0.206 e. The van der Waals surface area contributed by atoms with Crippen molar-refractivity contribution in [3.63, 3.8) is 0 Å². The Morgan fingerprint density at radius 2 is 2.11 bits per heavy atom. The number of carbonyl (C=O) groups excluding carboxylic acids is 1. The Hall–Kier alpha value is -1.40. The summed E-state index contributed by atoms with van der Waals surface area (Å²) in [5.74, 6) is 0.964. The molecule has 2 rings (SSSR count). The zero-order valence-electron chi connectivity index (χ0n) is 9.92. The number of anilines is 1. The van der Waals surface area contributed by atoms with Gasteiger partial charge in [0.2, 0.25) is 5.13 Å². The van der Waals surface area contributed by atoms with Crippen LogP contribution in [0.2, 0.25) is 0 Å². The summed E-state index contributed by atoms with van der Waals surface area (Å²) >= 11 is 3.12. The van der Waals surface area contributed by atoms with Crippen LogP contribution >= 0.6 is 23.1 Å². The zero-order chi connectivity index (χ0) is 12.8. The van der Waals surface area contributed by atoms with Gasteiger partial charge in [0.15, 0.2) is 4.34 Å². The van der Waals surface area contributed by atoms with Gasteiger partial charge in [0.25, 0.3) is 0 Å². The highest BCUT2D eigenvalue weighted by atomic mass is 32.2. The topological polar surface area (TPSA) is 54.9 Å². The van der Waals surface area contributed by atoms with Crippen LogP contribution < -0.4 is 5.32 Å². The Labute approximate surface area is 114 Å². The first-order valence-corrected chi connectivity index (χ1v) is 7.28. The van der Waals surface area contributed by atoms with Gasteiger partial charge in [-0.15, -0.1) is 10.2 Å². The Bertz CT molecular complexity index is 513. The van der Waals surface area contributed by atoms with E-state index >= 15 is 0 Å². The molecule has 1 aromatic carbocycles. The standard InChI is InChI=1S/C12H13N3OS2/c1-9(16)7-13-11-14-15-12(18-11)17-8-10-5-3-2-4-6-10/h2-6H,7-8H2,1H3,(H,13,14). The van der Waals surface area contributed by atoms with Crippen LogP contribution in [0.25, 0.3) is 0 Å². The van der Waals surface area contributed by atoms with E-state index in [1.54, 1.807) is 18.7 Å². The van der Waals surface area contributed by atoms with Crippen molar-refractivity contribution < 1.29 is 4.79 Å². The first kappa shape index (κ1) is 13.0. The van der Waals surface area contributed by atoms with E-state index < -0.39 is 0 Å². The van der Waals surface area contributed by atoms with Crippen LogP contribution in [-0.2, 0) is 10.5 Å². The number of hydrogen-bond donors (Lipinski definition) is 1. The molecule has 0 unspecified atom stereocenters. The van der Waals surface area contributed by atoms with E-state index in [1.165, 1.54) is 16.9 Å². The molecule has 0 saturated carbocycles. The molecule has 18 heavy (non-hydrogen) atoms. The second kappa shape index (κ2) is 6.51. The van der Waals surface area contributed by atoms with Crippen LogP contribution in [0.15, 0.2) is 34.7 Å². The van der Waals surface area contributed by atoms with E-state index in [2.05, 4.69) is 27.6 Å². The van der Waals surface area contributed by atoms with Crippen molar-refractivity contribution >= 4 is 34.0 Å². The van der Waals surface area contributed by atoms with Gasteiger partial charge in [-0.25, -0.2) is 0 Å². The van der Waals surface area contributed by atoms with Crippen LogP contribution in [-0.4, -0.2) is 22.5 Å². The highest BCUT2D eigenvalue weighted by Gasteiger charge is 2.05. The molecule has 0 aliphatic rings. The van der Waals surface area contributed by atoms with Crippen molar-refractivity contribution in [3.05, 3.63) is 35.9 Å². The first-order valence-electron chi connectivity index (χ1n) is 5.47. The minimum Gasteiger partial charge on any atom is -0.353 e. The average molecular weight is 279 g/mol. The number of thioether (sulfide) groups is 1. The lowest BCUT2D eigenvalue weighted by atomic mass is 10.2. The van der Waals surface area contributed by atoms with E-state index in [1.807, 2.05) is 18.2 Å². The van der Waals surface area contributed by atoms with Gasteiger partial charge in [-0.1, -0.05) is 53.4 Å². The largest absolute Gasteiger partial charge is 0.353 e. The maximum atomic E-state index is 10.8. The summed E-state index contributed by atoms with van der Waals surface area (Å²) in [4.78, 5) is 10.8. The Morgan fingerprint density at radius 1 is 1.33 bits per heavy atom. The Kier molecular flexibility index (Phi) is 4.72. The predicted octanol–water partition coefficient (Wildman–Crippen LogP) is 2.83. The Balaban J connectivity index is 1.85. The first-order chi connectivity index (χ1) is 8.74. The number of Topliss-reactive ketones (excluding diaryl/α,β-unsaturated/α-hetero) is 1. The lowest BCUT2D eigenvalue weighted by Gasteiger charge is -1.97. The second-order valence-corrected chi connectivity index (χ2v) is 5.90. The number of nitrogens with one attached hydrogen (secondary N) is 1. The van der Waals surface area contributed by atoms with Crippen LogP contribution in [0.3, 0.4) is 0 Å². The third-order valence-corrected chi connectivity index (χ3v) is 4.19. The summed E-state index contributed by atoms with van der Waals surface area (Å²) in [6, 6.07) is 10.2. The van der Waals surface area contributed by atoms with E-state index in [-0.39, 0.29) is 5.78 Å². The molecule has 1 N–H and O–H groups in total. The molecule has 0 aliphatic heterocycles. The molecular formula is C12H13N3OS2. The number of benzene rings is 1. The molecule has 2 aromatic rings. The van der Waals surface area contributed by atoms with E-state index in [0.29, 0.717) is 11.7 Å². The molecule has 0 fully saturated rings. The summed E-state index contributed by atoms with van der Waals surface area (Å²) < 4.78 is 0.907. The molecule has 1 heterocycles. The number of carbonyl (C=O) groups is 1. The molecule has 1 aromatic heterocycles. The van der Waals surface area contributed by atoms with Gasteiger partial charge in [0.1, 0.15) is 5.78 Å². The molecule has 0 aliphatic carbocycles. The number of hydrogen-bond acceptors (Lipinski definition) is 6. The molecule has 0 atom stereocenters. The molecule has 0 saturated heterocycles. The number of rotatable bonds is 6. The van der Waals surface area contributed by atoms with Gasteiger partial charge in [-0.05, 0) is 12.5 Å². The van der Waals surface area contributed by atoms with Crippen molar-refractivity contribution in [3.8, 4) is 0 Å².